The Morgan fingerprint density at radius 2 is 1.86 bits per heavy atom. The SMILES string of the molecule is COCCN(CCO)Cc1c(OC)ccc2ccccc12. The van der Waals surface area contributed by atoms with E-state index in [0.29, 0.717) is 13.2 Å². The molecule has 2 aromatic rings. The molecule has 0 spiro atoms. The fraction of sp³-hybridized carbons (Fsp3) is 0.412. The van der Waals surface area contributed by atoms with Crippen molar-refractivity contribution < 1.29 is 14.6 Å². The number of aliphatic hydroxyl groups excluding tert-OH is 1. The van der Waals surface area contributed by atoms with Gasteiger partial charge >= 0.3 is 0 Å². The van der Waals surface area contributed by atoms with Crippen LogP contribution >= 0.6 is 0 Å². The molecule has 0 aliphatic heterocycles. The lowest BCUT2D eigenvalue weighted by Gasteiger charge is -2.23. The van der Waals surface area contributed by atoms with Crippen molar-refractivity contribution in [3.05, 3.63) is 42.0 Å². The lowest BCUT2D eigenvalue weighted by molar-refractivity contribution is 0.126. The van der Waals surface area contributed by atoms with Gasteiger partial charge < -0.3 is 14.6 Å². The predicted molar refractivity (Wildman–Crippen MR) is 84.7 cm³/mol. The summed E-state index contributed by atoms with van der Waals surface area (Å²) in [4.78, 5) is 2.17. The first-order chi connectivity index (χ1) is 10.3. The van der Waals surface area contributed by atoms with Crippen LogP contribution in [-0.2, 0) is 11.3 Å². The van der Waals surface area contributed by atoms with Gasteiger partial charge in [0.2, 0.25) is 0 Å². The van der Waals surface area contributed by atoms with E-state index in [1.54, 1.807) is 14.2 Å². The highest BCUT2D eigenvalue weighted by atomic mass is 16.5. The summed E-state index contributed by atoms with van der Waals surface area (Å²) in [6.07, 6.45) is 0. The molecule has 114 valence electrons. The van der Waals surface area contributed by atoms with E-state index in [1.807, 2.05) is 18.2 Å². The predicted octanol–water partition coefficient (Wildman–Crippen LogP) is 2.29. The molecular weight excluding hydrogens is 266 g/mol. The number of rotatable bonds is 8. The Balaban J connectivity index is 2.33. The Bertz CT molecular complexity index is 571. The zero-order chi connectivity index (χ0) is 15.1. The second-order valence-electron chi connectivity index (χ2n) is 4.96. The van der Waals surface area contributed by atoms with Crippen molar-refractivity contribution in [2.75, 3.05) is 40.5 Å². The lowest BCUT2D eigenvalue weighted by atomic mass is 10.0. The highest BCUT2D eigenvalue weighted by molar-refractivity contribution is 5.87. The van der Waals surface area contributed by atoms with E-state index in [1.165, 1.54) is 10.8 Å². The molecule has 0 amide bonds. The van der Waals surface area contributed by atoms with Gasteiger partial charge in [-0.1, -0.05) is 30.3 Å². The van der Waals surface area contributed by atoms with E-state index < -0.39 is 0 Å². The molecule has 2 aromatic carbocycles. The first-order valence-electron chi connectivity index (χ1n) is 7.17. The van der Waals surface area contributed by atoms with Gasteiger partial charge in [0, 0.05) is 32.3 Å². The molecule has 0 radical (unpaired) electrons. The fourth-order valence-corrected chi connectivity index (χ4v) is 2.53. The number of hydrogen-bond donors (Lipinski definition) is 1. The third-order valence-electron chi connectivity index (χ3n) is 3.63. The van der Waals surface area contributed by atoms with Crippen LogP contribution in [0.1, 0.15) is 5.56 Å². The van der Waals surface area contributed by atoms with Gasteiger partial charge in [0.15, 0.2) is 0 Å². The molecule has 0 aromatic heterocycles. The number of ether oxygens (including phenoxy) is 2. The van der Waals surface area contributed by atoms with Crippen molar-refractivity contribution >= 4 is 10.8 Å². The monoisotopic (exact) mass is 289 g/mol. The molecular formula is C17H23NO3. The Labute approximate surface area is 125 Å². The van der Waals surface area contributed by atoms with E-state index in [9.17, 15) is 5.11 Å². The smallest absolute Gasteiger partial charge is 0.123 e. The summed E-state index contributed by atoms with van der Waals surface area (Å²) < 4.78 is 10.7. The van der Waals surface area contributed by atoms with Crippen molar-refractivity contribution in [2.45, 2.75) is 6.54 Å². The topological polar surface area (TPSA) is 41.9 Å². The van der Waals surface area contributed by atoms with Crippen molar-refractivity contribution in [3.8, 4) is 5.75 Å². The van der Waals surface area contributed by atoms with Crippen molar-refractivity contribution in [3.63, 3.8) is 0 Å². The highest BCUT2D eigenvalue weighted by Gasteiger charge is 2.12. The van der Waals surface area contributed by atoms with Gasteiger partial charge in [0.1, 0.15) is 5.75 Å². The Morgan fingerprint density at radius 1 is 1.05 bits per heavy atom. The Kier molecular flexibility index (Phi) is 5.99. The van der Waals surface area contributed by atoms with Gasteiger partial charge in [-0.25, -0.2) is 0 Å². The summed E-state index contributed by atoms with van der Waals surface area (Å²) in [6, 6.07) is 12.4. The molecule has 0 saturated carbocycles. The van der Waals surface area contributed by atoms with Crippen LogP contribution in [0.5, 0.6) is 5.75 Å². The normalized spacial score (nSPS) is 11.2. The maximum atomic E-state index is 9.24. The summed E-state index contributed by atoms with van der Waals surface area (Å²) in [5.74, 6) is 0.883. The molecule has 0 unspecified atom stereocenters. The molecule has 4 nitrogen and oxygen atoms in total. The highest BCUT2D eigenvalue weighted by Crippen LogP contribution is 2.29. The average Bonchev–Trinajstić information content (AvgIpc) is 2.53. The first-order valence-corrected chi connectivity index (χ1v) is 7.17. The third kappa shape index (κ3) is 3.94. The van der Waals surface area contributed by atoms with Crippen molar-refractivity contribution in [2.24, 2.45) is 0 Å². The van der Waals surface area contributed by atoms with E-state index in [-0.39, 0.29) is 6.61 Å². The molecule has 0 bridgehead atoms. The van der Waals surface area contributed by atoms with Gasteiger partial charge in [-0.2, -0.15) is 0 Å². The molecule has 0 aliphatic carbocycles. The van der Waals surface area contributed by atoms with Crippen molar-refractivity contribution in [1.29, 1.82) is 0 Å². The summed E-state index contributed by atoms with van der Waals surface area (Å²) in [5.41, 5.74) is 1.15. The van der Waals surface area contributed by atoms with Gasteiger partial charge in [-0.15, -0.1) is 0 Å². The largest absolute Gasteiger partial charge is 0.496 e. The number of methoxy groups -OCH3 is 2. The van der Waals surface area contributed by atoms with Crippen LogP contribution in [-0.4, -0.2) is 50.5 Å². The van der Waals surface area contributed by atoms with Crippen LogP contribution in [0.15, 0.2) is 36.4 Å². The van der Waals surface area contributed by atoms with Gasteiger partial charge in [-0.05, 0) is 16.8 Å². The number of nitrogens with zero attached hydrogens (tertiary/aromatic N) is 1. The van der Waals surface area contributed by atoms with Crippen molar-refractivity contribution in [1.82, 2.24) is 4.90 Å². The van der Waals surface area contributed by atoms with Crippen LogP contribution in [0.3, 0.4) is 0 Å². The van der Waals surface area contributed by atoms with Crippen LogP contribution < -0.4 is 4.74 Å². The van der Waals surface area contributed by atoms with Crippen LogP contribution in [0, 0.1) is 0 Å². The second-order valence-corrected chi connectivity index (χ2v) is 4.96. The quantitative estimate of drug-likeness (QED) is 0.809. The van der Waals surface area contributed by atoms with E-state index >= 15 is 0 Å². The number of hydrogen-bond acceptors (Lipinski definition) is 4. The second kappa shape index (κ2) is 7.98. The van der Waals surface area contributed by atoms with Crippen LogP contribution in [0.25, 0.3) is 10.8 Å². The number of fused-ring (bicyclic) bond motifs is 1. The zero-order valence-corrected chi connectivity index (χ0v) is 12.7. The van der Waals surface area contributed by atoms with E-state index in [2.05, 4.69) is 23.1 Å². The zero-order valence-electron chi connectivity index (χ0n) is 12.7. The summed E-state index contributed by atoms with van der Waals surface area (Å²) in [7, 11) is 3.38. The number of benzene rings is 2. The molecule has 0 atom stereocenters. The minimum absolute atomic E-state index is 0.136. The van der Waals surface area contributed by atoms with Gasteiger partial charge in [0.05, 0.1) is 20.3 Å². The molecule has 0 fully saturated rings. The third-order valence-corrected chi connectivity index (χ3v) is 3.63. The Hall–Kier alpha value is -1.62. The maximum absolute atomic E-state index is 9.24. The summed E-state index contributed by atoms with van der Waals surface area (Å²) in [6.45, 7) is 2.91. The standard InChI is InChI=1S/C17H23NO3/c1-20-12-10-18(9-11-19)13-16-15-6-4-3-5-14(15)7-8-17(16)21-2/h3-8,19H,9-13H2,1-2H3. The molecule has 1 N–H and O–H groups in total. The average molecular weight is 289 g/mol. The van der Waals surface area contributed by atoms with Gasteiger partial charge in [-0.3, -0.25) is 4.90 Å². The first kappa shape index (κ1) is 15.8. The number of aliphatic hydroxyl groups is 1. The van der Waals surface area contributed by atoms with E-state index in [4.69, 9.17) is 9.47 Å². The minimum atomic E-state index is 0.136. The maximum Gasteiger partial charge on any atom is 0.123 e. The van der Waals surface area contributed by atoms with Gasteiger partial charge in [0.25, 0.3) is 0 Å². The molecule has 2 rings (SSSR count). The lowest BCUT2D eigenvalue weighted by Crippen LogP contribution is -2.30. The minimum Gasteiger partial charge on any atom is -0.496 e. The molecule has 0 aliphatic rings. The molecule has 0 saturated heterocycles. The molecule has 0 heterocycles. The fourth-order valence-electron chi connectivity index (χ4n) is 2.53. The summed E-state index contributed by atoms with van der Waals surface area (Å²) in [5, 5.41) is 11.6. The Morgan fingerprint density at radius 3 is 2.57 bits per heavy atom. The van der Waals surface area contributed by atoms with E-state index in [0.717, 1.165) is 24.4 Å². The van der Waals surface area contributed by atoms with Crippen LogP contribution in [0.2, 0.25) is 0 Å². The molecule has 4 heteroatoms. The van der Waals surface area contributed by atoms with Crippen LogP contribution in [0.4, 0.5) is 0 Å². The molecule has 21 heavy (non-hydrogen) atoms. The summed E-state index contributed by atoms with van der Waals surface area (Å²) >= 11 is 0.